The van der Waals surface area contributed by atoms with Gasteiger partial charge in [0.15, 0.2) is 4.88 Å². The molecule has 0 aliphatic rings. The molecule has 100 valence electrons. The summed E-state index contributed by atoms with van der Waals surface area (Å²) in [5.41, 5.74) is 4.86. The molecule has 0 atom stereocenters. The molecule has 0 aromatic carbocycles. The molecule has 0 radical (unpaired) electrons. The lowest BCUT2D eigenvalue weighted by atomic mass is 9.95. The predicted octanol–water partition coefficient (Wildman–Crippen LogP) is 2.00. The average molecular weight is 271 g/mol. The molecule has 0 saturated carbocycles. The molecule has 5 nitrogen and oxygen atoms in total. The summed E-state index contributed by atoms with van der Waals surface area (Å²) in [6.45, 7) is 6.09. The summed E-state index contributed by atoms with van der Waals surface area (Å²) < 4.78 is 5.31. The van der Waals surface area contributed by atoms with Gasteiger partial charge in [-0.15, -0.1) is 11.3 Å². The summed E-state index contributed by atoms with van der Waals surface area (Å²) in [7, 11) is 0. The first-order valence-corrected chi connectivity index (χ1v) is 6.32. The Balaban J connectivity index is 2.91. The fourth-order valence-corrected chi connectivity index (χ4v) is 2.26. The van der Waals surface area contributed by atoms with Crippen molar-refractivity contribution in [3.63, 3.8) is 0 Å². The van der Waals surface area contributed by atoms with Gasteiger partial charge in [-0.2, -0.15) is 0 Å². The topological polar surface area (TPSA) is 89.6 Å². The monoisotopic (exact) mass is 271 g/mol. The van der Waals surface area contributed by atoms with Crippen LogP contribution >= 0.6 is 11.3 Å². The lowest BCUT2D eigenvalue weighted by molar-refractivity contribution is -0.118. The van der Waals surface area contributed by atoms with Gasteiger partial charge in [0, 0.05) is 4.88 Å². The van der Waals surface area contributed by atoms with Gasteiger partial charge in [0.05, 0.1) is 13.0 Å². The fourth-order valence-electron chi connectivity index (χ4n) is 1.26. The molecule has 1 heterocycles. The molecule has 0 fully saturated rings. The number of carboxylic acid groups (broad SMARTS) is 1. The summed E-state index contributed by atoms with van der Waals surface area (Å²) in [4.78, 5) is 22.8. The van der Waals surface area contributed by atoms with Gasteiger partial charge >= 0.3 is 5.97 Å². The summed E-state index contributed by atoms with van der Waals surface area (Å²) in [6.07, 6.45) is 0.0692. The first kappa shape index (κ1) is 14.5. The summed E-state index contributed by atoms with van der Waals surface area (Å²) in [5.74, 6) is -1.19. The number of carbonyl (C=O) groups is 2. The van der Waals surface area contributed by atoms with Crippen molar-refractivity contribution in [2.45, 2.75) is 32.6 Å². The Morgan fingerprint density at radius 1 is 1.44 bits per heavy atom. The molecular formula is C12H17NO4S. The summed E-state index contributed by atoms with van der Waals surface area (Å²) in [5, 5.41) is 9.09. The Hall–Kier alpha value is -1.56. The third-order valence-electron chi connectivity index (χ3n) is 2.24. The van der Waals surface area contributed by atoms with Crippen molar-refractivity contribution in [3.8, 4) is 5.75 Å². The first-order chi connectivity index (χ1) is 8.21. The van der Waals surface area contributed by atoms with Gasteiger partial charge in [-0.05, 0) is 11.5 Å². The molecule has 0 unspecified atom stereocenters. The van der Waals surface area contributed by atoms with Crippen LogP contribution in [-0.4, -0.2) is 23.6 Å². The van der Waals surface area contributed by atoms with E-state index in [2.05, 4.69) is 0 Å². The number of carbonyl (C=O) groups excluding carboxylic acids is 1. The zero-order chi connectivity index (χ0) is 13.9. The number of primary amides is 1. The lowest BCUT2D eigenvalue weighted by Crippen LogP contribution is -2.15. The minimum atomic E-state index is -1.02. The van der Waals surface area contributed by atoms with Gasteiger partial charge in [0.2, 0.25) is 5.91 Å². The smallest absolute Gasteiger partial charge is 0.349 e. The highest BCUT2D eigenvalue weighted by atomic mass is 32.1. The number of nitrogens with two attached hydrogens (primary N) is 1. The van der Waals surface area contributed by atoms with Gasteiger partial charge in [0.1, 0.15) is 5.75 Å². The second-order valence-corrected chi connectivity index (χ2v) is 5.98. The zero-order valence-electron chi connectivity index (χ0n) is 10.6. The molecule has 0 saturated heterocycles. The molecule has 0 bridgehead atoms. The van der Waals surface area contributed by atoms with Crippen molar-refractivity contribution in [1.29, 1.82) is 0 Å². The number of ether oxygens (including phenoxy) is 1. The standard InChI is InChI=1S/C12H17NO4S/c1-12(2,3)8-6-7(10(18-8)11(15)16)17-5-4-9(13)14/h6H,4-5H2,1-3H3,(H2,13,14)(H,15,16). The molecule has 1 amide bonds. The van der Waals surface area contributed by atoms with Gasteiger partial charge in [-0.1, -0.05) is 20.8 Å². The second kappa shape index (κ2) is 5.39. The SMILES string of the molecule is CC(C)(C)c1cc(OCCC(N)=O)c(C(=O)O)s1. The van der Waals surface area contributed by atoms with Crippen molar-refractivity contribution < 1.29 is 19.4 Å². The van der Waals surface area contributed by atoms with E-state index < -0.39 is 11.9 Å². The van der Waals surface area contributed by atoms with Crippen LogP contribution in [0, 0.1) is 0 Å². The molecule has 6 heteroatoms. The molecule has 1 aromatic rings. The number of rotatable bonds is 5. The van der Waals surface area contributed by atoms with Crippen molar-refractivity contribution in [1.82, 2.24) is 0 Å². The second-order valence-electron chi connectivity index (χ2n) is 4.92. The Morgan fingerprint density at radius 3 is 2.50 bits per heavy atom. The van der Waals surface area contributed by atoms with Crippen LogP contribution in [0.4, 0.5) is 0 Å². The maximum absolute atomic E-state index is 11.1. The maximum Gasteiger partial charge on any atom is 0.349 e. The highest BCUT2D eigenvalue weighted by Crippen LogP contribution is 2.36. The predicted molar refractivity (Wildman–Crippen MR) is 69.3 cm³/mol. The number of amides is 1. The summed E-state index contributed by atoms with van der Waals surface area (Å²) in [6, 6.07) is 1.72. The Labute approximate surface area is 110 Å². The largest absolute Gasteiger partial charge is 0.491 e. The zero-order valence-corrected chi connectivity index (χ0v) is 11.5. The van der Waals surface area contributed by atoms with Crippen LogP contribution < -0.4 is 10.5 Å². The van der Waals surface area contributed by atoms with Crippen molar-refractivity contribution in [3.05, 3.63) is 15.8 Å². The van der Waals surface area contributed by atoms with E-state index in [9.17, 15) is 9.59 Å². The van der Waals surface area contributed by atoms with E-state index in [1.54, 1.807) is 6.07 Å². The molecule has 1 aromatic heterocycles. The van der Waals surface area contributed by atoms with Gasteiger partial charge in [0.25, 0.3) is 0 Å². The minimum absolute atomic E-state index is 0.0692. The molecule has 0 aliphatic heterocycles. The van der Waals surface area contributed by atoms with Crippen molar-refractivity contribution >= 4 is 23.2 Å². The first-order valence-electron chi connectivity index (χ1n) is 5.50. The molecule has 0 spiro atoms. The third-order valence-corrected chi connectivity index (χ3v) is 3.77. The molecular weight excluding hydrogens is 254 g/mol. The van der Waals surface area contributed by atoms with E-state index in [0.717, 1.165) is 4.88 Å². The van der Waals surface area contributed by atoms with Gasteiger partial charge in [-0.25, -0.2) is 4.79 Å². The number of thiophene rings is 1. The highest BCUT2D eigenvalue weighted by molar-refractivity contribution is 7.14. The number of hydrogen-bond acceptors (Lipinski definition) is 4. The van der Waals surface area contributed by atoms with Crippen LogP contribution in [0.5, 0.6) is 5.75 Å². The van der Waals surface area contributed by atoms with Crippen LogP contribution in [-0.2, 0) is 10.2 Å². The van der Waals surface area contributed by atoms with Gasteiger partial charge < -0.3 is 15.6 Å². The lowest BCUT2D eigenvalue weighted by Gasteiger charge is -2.14. The van der Waals surface area contributed by atoms with E-state index in [1.807, 2.05) is 20.8 Å². The minimum Gasteiger partial charge on any atom is -0.491 e. The quantitative estimate of drug-likeness (QED) is 0.857. The Bertz CT molecular complexity index is 459. The van der Waals surface area contributed by atoms with Crippen LogP contribution in [0.15, 0.2) is 6.07 Å². The van der Waals surface area contributed by atoms with Crippen LogP contribution in [0.3, 0.4) is 0 Å². The van der Waals surface area contributed by atoms with Crippen molar-refractivity contribution in [2.75, 3.05) is 6.61 Å². The normalized spacial score (nSPS) is 11.3. The van der Waals surface area contributed by atoms with E-state index in [0.29, 0.717) is 5.75 Å². The van der Waals surface area contributed by atoms with E-state index in [-0.39, 0.29) is 23.3 Å². The van der Waals surface area contributed by atoms with Gasteiger partial charge in [-0.3, -0.25) is 4.79 Å². The Morgan fingerprint density at radius 2 is 2.06 bits per heavy atom. The third kappa shape index (κ3) is 3.73. The molecule has 3 N–H and O–H groups in total. The van der Waals surface area contributed by atoms with E-state index >= 15 is 0 Å². The van der Waals surface area contributed by atoms with E-state index in [4.69, 9.17) is 15.6 Å². The average Bonchev–Trinajstić information content (AvgIpc) is 2.60. The van der Waals surface area contributed by atoms with E-state index in [1.165, 1.54) is 11.3 Å². The fraction of sp³-hybridized carbons (Fsp3) is 0.500. The number of hydrogen-bond donors (Lipinski definition) is 2. The number of carboxylic acids is 1. The van der Waals surface area contributed by atoms with Crippen LogP contribution in [0.25, 0.3) is 0 Å². The summed E-state index contributed by atoms with van der Waals surface area (Å²) >= 11 is 1.19. The molecule has 1 rings (SSSR count). The number of aromatic carboxylic acids is 1. The highest BCUT2D eigenvalue weighted by Gasteiger charge is 2.23. The van der Waals surface area contributed by atoms with Crippen molar-refractivity contribution in [2.24, 2.45) is 5.73 Å². The Kier molecular flexibility index (Phi) is 4.34. The maximum atomic E-state index is 11.1. The molecule has 18 heavy (non-hydrogen) atoms. The van der Waals surface area contributed by atoms with Crippen LogP contribution in [0.1, 0.15) is 41.7 Å². The van der Waals surface area contributed by atoms with Crippen LogP contribution in [0.2, 0.25) is 0 Å². The molecule has 0 aliphatic carbocycles.